The van der Waals surface area contributed by atoms with Crippen LogP contribution >= 0.6 is 0 Å². The van der Waals surface area contributed by atoms with Crippen LogP contribution in [0.25, 0.3) is 0 Å². The third kappa shape index (κ3) is 6.09. The molecular weight excluding hydrogens is 370 g/mol. The lowest BCUT2D eigenvalue weighted by molar-refractivity contribution is -0.123. The van der Waals surface area contributed by atoms with Crippen LogP contribution in [0.4, 0.5) is 5.69 Å². The van der Waals surface area contributed by atoms with E-state index < -0.39 is 0 Å². The Morgan fingerprint density at radius 1 is 1.21 bits per heavy atom. The first-order valence-electron chi connectivity index (χ1n) is 10.2. The fourth-order valence-electron chi connectivity index (χ4n) is 3.22. The van der Waals surface area contributed by atoms with Gasteiger partial charge in [-0.05, 0) is 50.2 Å². The normalized spacial score (nSPS) is 14.4. The molecular formula is C22H29N3O4. The van der Waals surface area contributed by atoms with Gasteiger partial charge in [0, 0.05) is 24.2 Å². The number of hydrogen-bond donors (Lipinski definition) is 2. The Morgan fingerprint density at radius 3 is 2.66 bits per heavy atom. The van der Waals surface area contributed by atoms with Crippen molar-refractivity contribution in [2.24, 2.45) is 5.92 Å². The van der Waals surface area contributed by atoms with Gasteiger partial charge in [-0.25, -0.2) is 0 Å². The highest BCUT2D eigenvalue weighted by atomic mass is 16.5. The van der Waals surface area contributed by atoms with Gasteiger partial charge in [-0.15, -0.1) is 0 Å². The van der Waals surface area contributed by atoms with Crippen molar-refractivity contribution < 1.29 is 18.7 Å². The topological polar surface area (TPSA) is 83.8 Å². The summed E-state index contributed by atoms with van der Waals surface area (Å²) >= 11 is 0. The summed E-state index contributed by atoms with van der Waals surface area (Å²) in [7, 11) is 0. The summed E-state index contributed by atoms with van der Waals surface area (Å²) in [6.07, 6.45) is 3.55. The van der Waals surface area contributed by atoms with Gasteiger partial charge in [0.05, 0.1) is 12.3 Å². The van der Waals surface area contributed by atoms with Crippen LogP contribution in [-0.2, 0) is 9.59 Å². The number of carbonyl (C=O) groups excluding carboxylic acids is 2. The molecule has 0 saturated heterocycles. The van der Waals surface area contributed by atoms with Gasteiger partial charge in [-0.3, -0.25) is 14.5 Å². The van der Waals surface area contributed by atoms with Crippen LogP contribution in [0.1, 0.15) is 38.5 Å². The number of anilines is 1. The SMILES string of the molecule is CCN(CC)C(CNC(=O)COc1cccc(NC(=O)C2CC2)c1)c1ccco1. The van der Waals surface area contributed by atoms with Gasteiger partial charge in [0.2, 0.25) is 5.91 Å². The van der Waals surface area contributed by atoms with Crippen molar-refractivity contribution >= 4 is 17.5 Å². The number of carbonyl (C=O) groups is 2. The highest BCUT2D eigenvalue weighted by Gasteiger charge is 2.29. The molecule has 1 aromatic carbocycles. The van der Waals surface area contributed by atoms with E-state index in [1.165, 1.54) is 0 Å². The molecule has 2 N–H and O–H groups in total. The first-order valence-corrected chi connectivity index (χ1v) is 10.2. The minimum Gasteiger partial charge on any atom is -0.484 e. The maximum absolute atomic E-state index is 12.3. The van der Waals surface area contributed by atoms with Crippen molar-refractivity contribution in [1.29, 1.82) is 0 Å². The largest absolute Gasteiger partial charge is 0.484 e. The van der Waals surface area contributed by atoms with Crippen molar-refractivity contribution in [2.75, 3.05) is 31.6 Å². The lowest BCUT2D eigenvalue weighted by Crippen LogP contribution is -2.39. The van der Waals surface area contributed by atoms with E-state index in [2.05, 4.69) is 29.4 Å². The second kappa shape index (κ2) is 10.1. The molecule has 0 aliphatic heterocycles. The molecule has 7 heteroatoms. The number of nitrogens with one attached hydrogen (secondary N) is 2. The molecule has 2 aromatic rings. The van der Waals surface area contributed by atoms with Gasteiger partial charge >= 0.3 is 0 Å². The van der Waals surface area contributed by atoms with Crippen molar-refractivity contribution in [3.05, 3.63) is 48.4 Å². The first-order chi connectivity index (χ1) is 14.1. The molecule has 29 heavy (non-hydrogen) atoms. The number of benzene rings is 1. The number of hydrogen-bond acceptors (Lipinski definition) is 5. The molecule has 1 aromatic heterocycles. The Labute approximate surface area is 171 Å². The fourth-order valence-corrected chi connectivity index (χ4v) is 3.22. The summed E-state index contributed by atoms with van der Waals surface area (Å²) in [4.78, 5) is 26.4. The molecule has 0 spiro atoms. The molecule has 1 aliphatic carbocycles. The van der Waals surface area contributed by atoms with Crippen molar-refractivity contribution in [3.63, 3.8) is 0 Å². The highest BCUT2D eigenvalue weighted by molar-refractivity contribution is 5.94. The Kier molecular flexibility index (Phi) is 7.30. The summed E-state index contributed by atoms with van der Waals surface area (Å²) in [6.45, 7) is 6.22. The summed E-state index contributed by atoms with van der Waals surface area (Å²) in [6, 6.07) is 10.9. The third-order valence-electron chi connectivity index (χ3n) is 5.04. The molecule has 7 nitrogen and oxygen atoms in total. The zero-order valence-corrected chi connectivity index (χ0v) is 17.0. The third-order valence-corrected chi connectivity index (χ3v) is 5.04. The maximum atomic E-state index is 12.3. The molecule has 3 rings (SSSR count). The summed E-state index contributed by atoms with van der Waals surface area (Å²) in [5, 5.41) is 5.80. The number of ether oxygens (including phenoxy) is 1. The van der Waals surface area contributed by atoms with E-state index in [1.54, 1.807) is 24.5 Å². The van der Waals surface area contributed by atoms with E-state index in [0.29, 0.717) is 18.0 Å². The Bertz CT molecular complexity index is 798. The van der Waals surface area contributed by atoms with Crippen molar-refractivity contribution in [2.45, 2.75) is 32.7 Å². The standard InChI is InChI=1S/C22H29N3O4/c1-3-25(4-2)19(20-9-6-12-28-20)14-23-21(26)15-29-18-8-5-7-17(13-18)24-22(27)16-10-11-16/h5-9,12-13,16,19H,3-4,10-11,14-15H2,1-2H3,(H,23,26)(H,24,27). The quantitative estimate of drug-likeness (QED) is 0.606. The first kappa shape index (κ1) is 20.9. The second-order valence-corrected chi connectivity index (χ2v) is 7.14. The van der Waals surface area contributed by atoms with Crippen LogP contribution < -0.4 is 15.4 Å². The fraction of sp³-hybridized carbons (Fsp3) is 0.455. The molecule has 1 heterocycles. The average Bonchev–Trinajstić information content (AvgIpc) is 3.45. The van der Waals surface area contributed by atoms with Crippen LogP contribution in [0.3, 0.4) is 0 Å². The Morgan fingerprint density at radius 2 is 2.00 bits per heavy atom. The van der Waals surface area contributed by atoms with Crippen LogP contribution in [0, 0.1) is 5.92 Å². The molecule has 1 fully saturated rings. The molecule has 156 valence electrons. The number of amides is 2. The zero-order valence-electron chi connectivity index (χ0n) is 17.0. The molecule has 1 unspecified atom stereocenters. The molecule has 1 atom stereocenters. The number of nitrogens with zero attached hydrogens (tertiary/aromatic N) is 1. The minimum absolute atomic E-state index is 0.0232. The van der Waals surface area contributed by atoms with E-state index >= 15 is 0 Å². The smallest absolute Gasteiger partial charge is 0.258 e. The number of rotatable bonds is 11. The van der Waals surface area contributed by atoms with Gasteiger partial charge in [0.1, 0.15) is 11.5 Å². The zero-order chi connectivity index (χ0) is 20.6. The summed E-state index contributed by atoms with van der Waals surface area (Å²) in [5.41, 5.74) is 0.680. The lowest BCUT2D eigenvalue weighted by Gasteiger charge is -2.28. The predicted octanol–water partition coefficient (Wildman–Crippen LogP) is 3.21. The average molecular weight is 399 g/mol. The van der Waals surface area contributed by atoms with Crippen LogP contribution in [0.2, 0.25) is 0 Å². The second-order valence-electron chi connectivity index (χ2n) is 7.14. The summed E-state index contributed by atoms with van der Waals surface area (Å²) in [5.74, 6) is 1.34. The van der Waals surface area contributed by atoms with Crippen LogP contribution in [0.5, 0.6) is 5.75 Å². The minimum atomic E-state index is -0.207. The molecule has 2 amide bonds. The number of likely N-dealkylation sites (N-methyl/N-ethyl adjacent to an activating group) is 1. The summed E-state index contributed by atoms with van der Waals surface area (Å²) < 4.78 is 11.2. The van der Waals surface area contributed by atoms with Gasteiger partial charge in [-0.1, -0.05) is 19.9 Å². The van der Waals surface area contributed by atoms with Crippen molar-refractivity contribution in [1.82, 2.24) is 10.2 Å². The van der Waals surface area contributed by atoms with Crippen LogP contribution in [-0.4, -0.2) is 43.0 Å². The Balaban J connectivity index is 1.49. The molecule has 1 saturated carbocycles. The predicted molar refractivity (Wildman–Crippen MR) is 111 cm³/mol. The van der Waals surface area contributed by atoms with Crippen LogP contribution in [0.15, 0.2) is 47.1 Å². The van der Waals surface area contributed by atoms with E-state index in [-0.39, 0.29) is 30.4 Å². The van der Waals surface area contributed by atoms with E-state index in [1.807, 2.05) is 18.2 Å². The van der Waals surface area contributed by atoms with E-state index in [4.69, 9.17) is 9.15 Å². The van der Waals surface area contributed by atoms with Gasteiger partial charge in [-0.2, -0.15) is 0 Å². The maximum Gasteiger partial charge on any atom is 0.258 e. The van der Waals surface area contributed by atoms with E-state index in [0.717, 1.165) is 31.7 Å². The lowest BCUT2D eigenvalue weighted by atomic mass is 10.2. The van der Waals surface area contributed by atoms with Gasteiger partial charge in [0.15, 0.2) is 6.61 Å². The molecule has 0 radical (unpaired) electrons. The molecule has 0 bridgehead atoms. The van der Waals surface area contributed by atoms with Crippen molar-refractivity contribution in [3.8, 4) is 5.75 Å². The van der Waals surface area contributed by atoms with Gasteiger partial charge in [0.25, 0.3) is 5.91 Å². The molecule has 1 aliphatic rings. The van der Waals surface area contributed by atoms with E-state index in [9.17, 15) is 9.59 Å². The number of furan rings is 1. The Hall–Kier alpha value is -2.80. The monoisotopic (exact) mass is 399 g/mol. The highest BCUT2D eigenvalue weighted by Crippen LogP contribution is 2.30. The van der Waals surface area contributed by atoms with Gasteiger partial charge < -0.3 is 19.8 Å².